The van der Waals surface area contributed by atoms with E-state index in [9.17, 15) is 9.90 Å². The summed E-state index contributed by atoms with van der Waals surface area (Å²) < 4.78 is 20.7. The van der Waals surface area contributed by atoms with Crippen molar-refractivity contribution in [3.8, 4) is 5.75 Å². The van der Waals surface area contributed by atoms with Gasteiger partial charge in [-0.25, -0.2) is 4.39 Å². The zero-order valence-electron chi connectivity index (χ0n) is 19.0. The first-order valence-electron chi connectivity index (χ1n) is 12.0. The zero-order valence-corrected chi connectivity index (χ0v) is 19.0. The molecule has 2 aromatic rings. The van der Waals surface area contributed by atoms with Gasteiger partial charge in [0.2, 0.25) is 0 Å². The third-order valence-electron chi connectivity index (χ3n) is 7.60. The Morgan fingerprint density at radius 1 is 1.25 bits per heavy atom. The molecule has 2 aliphatic rings. The average molecular weight is 443 g/mol. The van der Waals surface area contributed by atoms with Crippen LogP contribution in [0, 0.1) is 17.8 Å². The molecule has 1 aliphatic carbocycles. The number of ether oxygens (including phenoxy) is 1. The topological polar surface area (TPSA) is 62.7 Å². The van der Waals surface area contributed by atoms with Crippen LogP contribution >= 0.6 is 0 Å². The molecular formula is C26H35FN2O3. The molecule has 0 bridgehead atoms. The molecule has 6 heteroatoms. The van der Waals surface area contributed by atoms with Gasteiger partial charge in [0, 0.05) is 24.5 Å². The van der Waals surface area contributed by atoms with E-state index in [2.05, 4.69) is 9.88 Å². The molecule has 1 aromatic heterocycles. The summed E-state index contributed by atoms with van der Waals surface area (Å²) >= 11 is 0. The van der Waals surface area contributed by atoms with Crippen molar-refractivity contribution in [2.24, 2.45) is 17.8 Å². The summed E-state index contributed by atoms with van der Waals surface area (Å²) in [6.45, 7) is 2.90. The molecule has 1 saturated heterocycles. The molecule has 2 fully saturated rings. The molecule has 1 unspecified atom stereocenters. The van der Waals surface area contributed by atoms with Gasteiger partial charge in [-0.3, -0.25) is 9.78 Å². The van der Waals surface area contributed by atoms with Gasteiger partial charge in [-0.05, 0) is 86.4 Å². The quantitative estimate of drug-likeness (QED) is 0.516. The predicted molar refractivity (Wildman–Crippen MR) is 124 cm³/mol. The number of aliphatic carboxylic acids is 1. The summed E-state index contributed by atoms with van der Waals surface area (Å²) in [5, 5.41) is 10.2. The molecular weight excluding hydrogens is 407 g/mol. The van der Waals surface area contributed by atoms with Crippen LogP contribution in [0.15, 0.2) is 30.5 Å². The summed E-state index contributed by atoms with van der Waals surface area (Å²) in [6.07, 6.45) is 8.10. The number of carboxylic acid groups (broad SMARTS) is 1. The molecule has 1 aromatic carbocycles. The Labute approximate surface area is 190 Å². The van der Waals surface area contributed by atoms with Crippen molar-refractivity contribution in [3.05, 3.63) is 36.0 Å². The number of pyridine rings is 1. The second-order valence-corrected chi connectivity index (χ2v) is 9.62. The van der Waals surface area contributed by atoms with Gasteiger partial charge in [-0.15, -0.1) is 0 Å². The van der Waals surface area contributed by atoms with Gasteiger partial charge in [0.1, 0.15) is 11.9 Å². The number of nitrogens with zero attached hydrogens (tertiary/aromatic N) is 2. The van der Waals surface area contributed by atoms with Crippen molar-refractivity contribution in [3.63, 3.8) is 0 Å². The van der Waals surface area contributed by atoms with E-state index in [4.69, 9.17) is 4.74 Å². The van der Waals surface area contributed by atoms with E-state index in [1.165, 1.54) is 25.7 Å². The minimum absolute atomic E-state index is 0.101. The van der Waals surface area contributed by atoms with Crippen molar-refractivity contribution >= 4 is 16.9 Å². The Morgan fingerprint density at radius 2 is 2.09 bits per heavy atom. The molecule has 174 valence electrons. The summed E-state index contributed by atoms with van der Waals surface area (Å²) in [6, 6.07) is 7.29. The van der Waals surface area contributed by atoms with E-state index in [1.807, 2.05) is 18.2 Å². The lowest BCUT2D eigenvalue weighted by Crippen LogP contribution is -2.42. The van der Waals surface area contributed by atoms with Crippen LogP contribution in [0.25, 0.3) is 10.9 Å². The predicted octanol–water partition coefficient (Wildman–Crippen LogP) is 5.64. The Kier molecular flexibility index (Phi) is 7.61. The highest BCUT2D eigenvalue weighted by Gasteiger charge is 2.32. The number of rotatable bonds is 10. The van der Waals surface area contributed by atoms with Crippen LogP contribution < -0.4 is 4.74 Å². The van der Waals surface area contributed by atoms with E-state index in [-0.39, 0.29) is 18.3 Å². The maximum Gasteiger partial charge on any atom is 0.303 e. The Hall–Kier alpha value is -2.21. The lowest BCUT2D eigenvalue weighted by molar-refractivity contribution is -0.139. The number of methoxy groups -OCH3 is 1. The number of hydrogen-bond acceptors (Lipinski definition) is 4. The van der Waals surface area contributed by atoms with Crippen LogP contribution in [0.5, 0.6) is 5.75 Å². The number of carbonyl (C=O) groups is 1. The average Bonchev–Trinajstić information content (AvgIpc) is 2.76. The van der Waals surface area contributed by atoms with Crippen LogP contribution in [-0.4, -0.2) is 47.7 Å². The van der Waals surface area contributed by atoms with Gasteiger partial charge in [0.25, 0.3) is 0 Å². The van der Waals surface area contributed by atoms with E-state index in [0.29, 0.717) is 24.2 Å². The van der Waals surface area contributed by atoms with Crippen molar-refractivity contribution < 1.29 is 19.0 Å². The third-order valence-corrected chi connectivity index (χ3v) is 7.60. The molecule has 0 spiro atoms. The van der Waals surface area contributed by atoms with Gasteiger partial charge in [0.15, 0.2) is 0 Å². The molecule has 0 amide bonds. The van der Waals surface area contributed by atoms with Gasteiger partial charge in [-0.2, -0.15) is 0 Å². The number of alkyl halides is 1. The first-order valence-corrected chi connectivity index (χ1v) is 12.0. The number of halogens is 1. The van der Waals surface area contributed by atoms with Crippen molar-refractivity contribution in [1.29, 1.82) is 0 Å². The molecule has 1 N–H and O–H groups in total. The fourth-order valence-corrected chi connectivity index (χ4v) is 5.40. The van der Waals surface area contributed by atoms with Gasteiger partial charge in [-0.1, -0.05) is 19.3 Å². The van der Waals surface area contributed by atoms with E-state index in [1.54, 1.807) is 19.4 Å². The highest BCUT2D eigenvalue weighted by atomic mass is 19.1. The van der Waals surface area contributed by atoms with E-state index >= 15 is 4.39 Å². The van der Waals surface area contributed by atoms with Crippen molar-refractivity contribution in [2.45, 2.75) is 57.5 Å². The first-order chi connectivity index (χ1) is 15.5. The van der Waals surface area contributed by atoms with Gasteiger partial charge in [0.05, 0.1) is 12.6 Å². The zero-order chi connectivity index (χ0) is 22.5. The molecule has 2 heterocycles. The lowest BCUT2D eigenvalue weighted by Gasteiger charge is -2.39. The fourth-order valence-electron chi connectivity index (χ4n) is 5.40. The fraction of sp³-hybridized carbons (Fsp3) is 0.615. The highest BCUT2D eigenvalue weighted by Crippen LogP contribution is 2.37. The number of carboxylic acids is 1. The van der Waals surface area contributed by atoms with Crippen molar-refractivity contribution in [2.75, 3.05) is 26.7 Å². The minimum atomic E-state index is -1.10. The van der Waals surface area contributed by atoms with E-state index in [0.717, 1.165) is 42.9 Å². The number of hydrogen-bond donors (Lipinski definition) is 1. The monoisotopic (exact) mass is 442 g/mol. The summed E-state index contributed by atoms with van der Waals surface area (Å²) in [5.41, 5.74) is 1.40. The molecule has 32 heavy (non-hydrogen) atoms. The highest BCUT2D eigenvalue weighted by molar-refractivity contribution is 5.83. The Balaban J connectivity index is 1.38. The number of likely N-dealkylation sites (tertiary alicyclic amines) is 1. The van der Waals surface area contributed by atoms with E-state index < -0.39 is 12.1 Å². The van der Waals surface area contributed by atoms with Gasteiger partial charge < -0.3 is 14.7 Å². The second kappa shape index (κ2) is 10.6. The minimum Gasteiger partial charge on any atom is -0.497 e. The number of piperidine rings is 1. The SMILES string of the molecule is COc1ccc2nccc(C(F)CC[C@@H]3CCN(CCC4CCC4)C[C@@H]3CC(=O)O)c2c1. The molecule has 1 aliphatic heterocycles. The molecule has 4 rings (SSSR count). The first kappa shape index (κ1) is 23.0. The number of fused-ring (bicyclic) bond motifs is 1. The molecule has 1 saturated carbocycles. The normalized spacial score (nSPS) is 23.1. The second-order valence-electron chi connectivity index (χ2n) is 9.62. The van der Waals surface area contributed by atoms with Crippen molar-refractivity contribution in [1.82, 2.24) is 9.88 Å². The molecule has 5 nitrogen and oxygen atoms in total. The standard InChI is InChI=1S/C26H35FN2O3/c1-32-21-6-8-25-23(16-21)22(9-12-28-25)24(27)7-5-19-11-14-29(13-10-18-3-2-4-18)17-20(19)15-26(30)31/h6,8-9,12,16,18-20,24H,2-5,7,10-11,13-15,17H2,1H3,(H,30,31)/t19-,20+,24?/m1/s1. The maximum atomic E-state index is 15.4. The van der Waals surface area contributed by atoms with Crippen LogP contribution in [-0.2, 0) is 4.79 Å². The van der Waals surface area contributed by atoms with Crippen LogP contribution in [0.1, 0.15) is 63.1 Å². The van der Waals surface area contributed by atoms with Crippen LogP contribution in [0.4, 0.5) is 4.39 Å². The van der Waals surface area contributed by atoms with Crippen LogP contribution in [0.2, 0.25) is 0 Å². The number of benzene rings is 1. The third kappa shape index (κ3) is 5.58. The number of aromatic nitrogens is 1. The summed E-state index contributed by atoms with van der Waals surface area (Å²) in [7, 11) is 1.60. The summed E-state index contributed by atoms with van der Waals surface area (Å²) in [4.78, 5) is 18.3. The largest absolute Gasteiger partial charge is 0.497 e. The van der Waals surface area contributed by atoms with Crippen LogP contribution in [0.3, 0.4) is 0 Å². The smallest absolute Gasteiger partial charge is 0.303 e. The summed E-state index contributed by atoms with van der Waals surface area (Å²) in [5.74, 6) is 1.17. The van der Waals surface area contributed by atoms with Gasteiger partial charge >= 0.3 is 5.97 Å². The lowest BCUT2D eigenvalue weighted by atomic mass is 9.79. The Morgan fingerprint density at radius 3 is 2.81 bits per heavy atom. The maximum absolute atomic E-state index is 15.4. The Bertz CT molecular complexity index is 917. The molecule has 0 radical (unpaired) electrons. The molecule has 3 atom stereocenters.